The molecule has 2 N–H and O–H groups in total. The van der Waals surface area contributed by atoms with Crippen LogP contribution in [0, 0.1) is 10.1 Å². The van der Waals surface area contributed by atoms with Crippen LogP contribution in [0.1, 0.15) is 6.92 Å². The zero-order chi connectivity index (χ0) is 11.8. The van der Waals surface area contributed by atoms with Gasteiger partial charge in [-0.3, -0.25) is 10.1 Å². The molecule has 1 heterocycles. The van der Waals surface area contributed by atoms with Crippen LogP contribution in [0.3, 0.4) is 0 Å². The van der Waals surface area contributed by atoms with Gasteiger partial charge in [-0.05, 0) is 18.5 Å². The molecule has 84 valence electrons. The first-order valence-corrected chi connectivity index (χ1v) is 4.40. The summed E-state index contributed by atoms with van der Waals surface area (Å²) in [6.07, 6.45) is 1.06. The Balaban J connectivity index is 0.000000583. The van der Waals surface area contributed by atoms with Gasteiger partial charge >= 0.3 is 5.69 Å². The Bertz CT molecular complexity index is 334. The molecule has 0 atom stereocenters. The highest BCUT2D eigenvalue weighted by molar-refractivity contribution is 6.28. The van der Waals surface area contributed by atoms with E-state index in [1.54, 1.807) is 6.92 Å². The summed E-state index contributed by atoms with van der Waals surface area (Å²) >= 11 is 5.42. The number of nitrogens with zero attached hydrogens (tertiary/aromatic N) is 3. The van der Waals surface area contributed by atoms with Crippen molar-refractivity contribution >= 4 is 23.1 Å². The third-order valence-electron chi connectivity index (χ3n) is 1.17. The Kier molecular flexibility index (Phi) is 6.23. The lowest BCUT2D eigenvalue weighted by molar-refractivity contribution is -0.384. The second kappa shape index (κ2) is 6.91. The maximum atomic E-state index is 10.3. The maximum absolute atomic E-state index is 10.3. The smallest absolute Gasteiger partial charge is 0.329 e. The molecule has 7 nitrogen and oxygen atoms in total. The Morgan fingerprint density at radius 2 is 2.27 bits per heavy atom. The minimum atomic E-state index is -0.581. The SMILES string of the molecule is CCO.CNc1nc(Cl)ncc1[N+](=O)[O-]. The first-order chi connectivity index (χ1) is 7.06. The van der Waals surface area contributed by atoms with Gasteiger partial charge in [-0.1, -0.05) is 0 Å². The normalized spacial score (nSPS) is 8.80. The Hall–Kier alpha value is -1.47. The minimum absolute atomic E-state index is 0.0232. The highest BCUT2D eigenvalue weighted by Gasteiger charge is 2.14. The molecule has 0 aliphatic rings. The molecule has 0 aliphatic carbocycles. The van der Waals surface area contributed by atoms with Gasteiger partial charge in [-0.15, -0.1) is 0 Å². The molecule has 0 aromatic carbocycles. The van der Waals surface area contributed by atoms with E-state index < -0.39 is 4.92 Å². The predicted octanol–water partition coefficient (Wildman–Crippen LogP) is 1.08. The molecule has 0 saturated carbocycles. The fraction of sp³-hybridized carbons (Fsp3) is 0.429. The van der Waals surface area contributed by atoms with E-state index in [0.717, 1.165) is 6.20 Å². The van der Waals surface area contributed by atoms with Crippen molar-refractivity contribution in [2.24, 2.45) is 0 Å². The van der Waals surface area contributed by atoms with Gasteiger partial charge in [0.1, 0.15) is 6.20 Å². The van der Waals surface area contributed by atoms with Gasteiger partial charge in [0.25, 0.3) is 0 Å². The van der Waals surface area contributed by atoms with E-state index in [1.165, 1.54) is 7.05 Å². The molecule has 0 spiro atoms. The topological polar surface area (TPSA) is 101 Å². The minimum Gasteiger partial charge on any atom is -0.397 e. The first kappa shape index (κ1) is 13.5. The average Bonchev–Trinajstić information content (AvgIpc) is 2.18. The van der Waals surface area contributed by atoms with Crippen LogP contribution in [0.2, 0.25) is 5.28 Å². The molecule has 0 radical (unpaired) electrons. The third-order valence-corrected chi connectivity index (χ3v) is 1.36. The zero-order valence-corrected chi connectivity index (χ0v) is 9.02. The number of halogens is 1. The molecule has 0 saturated heterocycles. The quantitative estimate of drug-likeness (QED) is 0.451. The molecule has 1 aromatic heterocycles. The van der Waals surface area contributed by atoms with Crippen LogP contribution in [0.25, 0.3) is 0 Å². The molecule has 15 heavy (non-hydrogen) atoms. The highest BCUT2D eigenvalue weighted by atomic mass is 35.5. The number of rotatable bonds is 2. The summed E-state index contributed by atoms with van der Waals surface area (Å²) < 4.78 is 0. The number of hydrogen-bond acceptors (Lipinski definition) is 6. The zero-order valence-electron chi connectivity index (χ0n) is 8.27. The summed E-state index contributed by atoms with van der Waals surface area (Å²) in [5.41, 5.74) is -0.193. The maximum Gasteiger partial charge on any atom is 0.329 e. The number of nitrogens with one attached hydrogen (secondary N) is 1. The van der Waals surface area contributed by atoms with Gasteiger partial charge in [-0.25, -0.2) is 4.98 Å². The second-order valence-electron chi connectivity index (χ2n) is 2.20. The van der Waals surface area contributed by atoms with E-state index in [-0.39, 0.29) is 23.4 Å². The van der Waals surface area contributed by atoms with E-state index in [9.17, 15) is 10.1 Å². The van der Waals surface area contributed by atoms with Crippen molar-refractivity contribution in [3.8, 4) is 0 Å². The lowest BCUT2D eigenvalue weighted by Gasteiger charge is -1.98. The van der Waals surface area contributed by atoms with Crippen molar-refractivity contribution in [3.63, 3.8) is 0 Å². The molecule has 0 unspecified atom stereocenters. The summed E-state index contributed by atoms with van der Waals surface area (Å²) in [4.78, 5) is 16.8. The predicted molar refractivity (Wildman–Crippen MR) is 56.0 cm³/mol. The molecular weight excluding hydrogens is 224 g/mol. The number of aliphatic hydroxyl groups is 1. The molecule has 1 rings (SSSR count). The summed E-state index contributed by atoms with van der Waals surface area (Å²) in [5, 5.41) is 20.4. The van der Waals surface area contributed by atoms with Gasteiger partial charge in [-0.2, -0.15) is 4.98 Å². The summed E-state index contributed by atoms with van der Waals surface area (Å²) in [5.74, 6) is 0.111. The molecule has 8 heteroatoms. The van der Waals surface area contributed by atoms with Crippen molar-refractivity contribution in [2.75, 3.05) is 19.0 Å². The summed E-state index contributed by atoms with van der Waals surface area (Å²) in [6, 6.07) is 0. The van der Waals surface area contributed by atoms with Gasteiger partial charge in [0.2, 0.25) is 11.1 Å². The second-order valence-corrected chi connectivity index (χ2v) is 2.53. The molecule has 0 aliphatic heterocycles. The number of nitro groups is 1. The van der Waals surface area contributed by atoms with Crippen molar-refractivity contribution in [3.05, 3.63) is 21.6 Å². The third kappa shape index (κ3) is 4.52. The van der Waals surface area contributed by atoms with Gasteiger partial charge in [0, 0.05) is 13.7 Å². The molecule has 1 aromatic rings. The summed E-state index contributed by atoms with van der Waals surface area (Å²) in [7, 11) is 1.52. The monoisotopic (exact) mass is 234 g/mol. The lowest BCUT2D eigenvalue weighted by Crippen LogP contribution is -2.00. The van der Waals surface area contributed by atoms with Gasteiger partial charge in [0.05, 0.1) is 4.92 Å². The standard InChI is InChI=1S/C5H5ClN4O2.C2H6O/c1-7-4-3(10(11)12)2-8-5(6)9-4;1-2-3/h2H,1H3,(H,7,8,9);3H,2H2,1H3. The van der Waals surface area contributed by atoms with Crippen molar-refractivity contribution in [1.82, 2.24) is 9.97 Å². The van der Waals surface area contributed by atoms with Crippen LogP contribution in [-0.2, 0) is 0 Å². The first-order valence-electron chi connectivity index (χ1n) is 4.02. The van der Waals surface area contributed by atoms with Crippen molar-refractivity contribution < 1.29 is 10.0 Å². The van der Waals surface area contributed by atoms with E-state index in [0.29, 0.717) is 0 Å². The highest BCUT2D eigenvalue weighted by Crippen LogP contribution is 2.20. The van der Waals surface area contributed by atoms with Crippen LogP contribution in [0.15, 0.2) is 6.20 Å². The number of aliphatic hydroxyl groups excluding tert-OH is 1. The van der Waals surface area contributed by atoms with Gasteiger partial charge in [0.15, 0.2) is 0 Å². The van der Waals surface area contributed by atoms with Crippen LogP contribution < -0.4 is 5.32 Å². The Morgan fingerprint density at radius 1 is 1.73 bits per heavy atom. The lowest BCUT2D eigenvalue weighted by atomic mass is 10.5. The number of hydrogen-bond donors (Lipinski definition) is 2. The Morgan fingerprint density at radius 3 is 2.67 bits per heavy atom. The number of aromatic nitrogens is 2. The molecule has 0 fully saturated rings. The average molecular weight is 235 g/mol. The molecule has 0 bridgehead atoms. The fourth-order valence-electron chi connectivity index (χ4n) is 0.672. The largest absolute Gasteiger partial charge is 0.397 e. The molecular formula is C7H11ClN4O3. The summed E-state index contributed by atoms with van der Waals surface area (Å²) in [6.45, 7) is 1.93. The van der Waals surface area contributed by atoms with Crippen LogP contribution in [-0.4, -0.2) is 33.7 Å². The Labute approximate surface area is 91.3 Å². The van der Waals surface area contributed by atoms with Crippen LogP contribution in [0.4, 0.5) is 11.5 Å². The van der Waals surface area contributed by atoms with Crippen LogP contribution in [0.5, 0.6) is 0 Å². The van der Waals surface area contributed by atoms with E-state index in [2.05, 4.69) is 15.3 Å². The molecule has 0 amide bonds. The van der Waals surface area contributed by atoms with E-state index in [1.807, 2.05) is 0 Å². The van der Waals surface area contributed by atoms with Crippen molar-refractivity contribution in [1.29, 1.82) is 0 Å². The van der Waals surface area contributed by atoms with E-state index in [4.69, 9.17) is 16.7 Å². The fourth-order valence-corrected chi connectivity index (χ4v) is 0.805. The van der Waals surface area contributed by atoms with Gasteiger partial charge < -0.3 is 10.4 Å². The van der Waals surface area contributed by atoms with Crippen molar-refractivity contribution in [2.45, 2.75) is 6.92 Å². The van der Waals surface area contributed by atoms with Crippen LogP contribution >= 0.6 is 11.6 Å². The van der Waals surface area contributed by atoms with E-state index >= 15 is 0 Å². The number of anilines is 1.